The zero-order valence-corrected chi connectivity index (χ0v) is 11.1. The Balaban J connectivity index is 1.99. The number of aliphatic hydroxyl groups excluding tert-OH is 1. The van der Waals surface area contributed by atoms with Crippen LogP contribution in [0.3, 0.4) is 0 Å². The van der Waals surface area contributed by atoms with Crippen LogP contribution in [-0.4, -0.2) is 30.3 Å². The first-order valence-electron chi connectivity index (χ1n) is 5.28. The highest BCUT2D eigenvalue weighted by Gasteiger charge is 2.19. The first-order chi connectivity index (χ1) is 8.63. The van der Waals surface area contributed by atoms with E-state index in [1.807, 2.05) is 17.5 Å². The Morgan fingerprint density at radius 3 is 3.00 bits per heavy atom. The van der Waals surface area contributed by atoms with Crippen LogP contribution in [0.4, 0.5) is 0 Å². The molecule has 0 aliphatic carbocycles. The van der Waals surface area contributed by atoms with Crippen LogP contribution in [0.1, 0.15) is 10.4 Å². The molecule has 8 heteroatoms. The van der Waals surface area contributed by atoms with Crippen LogP contribution in [0.5, 0.6) is 0 Å². The Labute approximate surface area is 109 Å². The van der Waals surface area contributed by atoms with Crippen molar-refractivity contribution in [3.63, 3.8) is 0 Å². The van der Waals surface area contributed by atoms with E-state index in [1.54, 1.807) is 11.3 Å². The largest absolute Gasteiger partial charge is 0.392 e. The lowest BCUT2D eigenvalue weighted by Crippen LogP contribution is -2.27. The summed E-state index contributed by atoms with van der Waals surface area (Å²) in [7, 11) is -3.64. The topological polar surface area (TPSA) is 95.1 Å². The second kappa shape index (κ2) is 5.61. The van der Waals surface area contributed by atoms with Gasteiger partial charge >= 0.3 is 0 Å². The number of aliphatic hydroxyl groups is 1. The molecule has 18 heavy (non-hydrogen) atoms. The Morgan fingerprint density at radius 2 is 2.33 bits per heavy atom. The lowest BCUT2D eigenvalue weighted by Gasteiger charge is -2.05. The molecule has 0 aliphatic rings. The van der Waals surface area contributed by atoms with Crippen molar-refractivity contribution in [3.8, 4) is 0 Å². The Kier molecular flexibility index (Phi) is 4.12. The van der Waals surface area contributed by atoms with Crippen molar-refractivity contribution >= 4 is 21.4 Å². The van der Waals surface area contributed by atoms with Gasteiger partial charge in [0.2, 0.25) is 0 Å². The number of H-pyrrole nitrogens is 1. The fraction of sp³-hybridized carbons (Fsp3) is 0.300. The first-order valence-corrected chi connectivity index (χ1v) is 7.65. The van der Waals surface area contributed by atoms with Crippen LogP contribution in [-0.2, 0) is 23.1 Å². The van der Waals surface area contributed by atoms with E-state index in [4.69, 9.17) is 5.11 Å². The number of hydrogen-bond donors (Lipinski definition) is 3. The molecule has 0 bridgehead atoms. The number of rotatable bonds is 6. The van der Waals surface area contributed by atoms with E-state index in [2.05, 4.69) is 14.9 Å². The van der Waals surface area contributed by atoms with Gasteiger partial charge in [0.05, 0.1) is 12.8 Å². The molecule has 0 fully saturated rings. The van der Waals surface area contributed by atoms with Gasteiger partial charge in [-0.2, -0.15) is 5.10 Å². The normalized spacial score (nSPS) is 11.8. The molecule has 0 aliphatic heterocycles. The summed E-state index contributed by atoms with van der Waals surface area (Å²) >= 11 is 1.58. The quantitative estimate of drug-likeness (QED) is 0.720. The van der Waals surface area contributed by atoms with Crippen LogP contribution in [0.15, 0.2) is 28.7 Å². The predicted octanol–water partition coefficient (Wildman–Crippen LogP) is 0.484. The van der Waals surface area contributed by atoms with Crippen molar-refractivity contribution in [2.45, 2.75) is 18.1 Å². The van der Waals surface area contributed by atoms with Gasteiger partial charge in [-0.3, -0.25) is 5.10 Å². The summed E-state index contributed by atoms with van der Waals surface area (Å²) in [5.41, 5.74) is 0.263. The predicted molar refractivity (Wildman–Crippen MR) is 67.7 cm³/mol. The number of nitrogens with zero attached hydrogens (tertiary/aromatic N) is 1. The van der Waals surface area contributed by atoms with Gasteiger partial charge < -0.3 is 5.11 Å². The van der Waals surface area contributed by atoms with E-state index in [9.17, 15) is 8.42 Å². The minimum Gasteiger partial charge on any atom is -0.392 e. The minimum absolute atomic E-state index is 0.0730. The van der Waals surface area contributed by atoms with Gasteiger partial charge in [0, 0.05) is 17.0 Å². The second-order valence-corrected chi connectivity index (χ2v) is 6.35. The summed E-state index contributed by atoms with van der Waals surface area (Å²) in [4.78, 5) is 1.12. The monoisotopic (exact) mass is 287 g/mol. The van der Waals surface area contributed by atoms with Crippen molar-refractivity contribution in [1.82, 2.24) is 14.9 Å². The lowest BCUT2D eigenvalue weighted by atomic mass is 10.3. The number of aromatic nitrogens is 2. The smallest absolute Gasteiger partial charge is 0.257 e. The maximum absolute atomic E-state index is 11.9. The zero-order valence-electron chi connectivity index (χ0n) is 9.46. The first kappa shape index (κ1) is 13.2. The molecule has 0 aromatic carbocycles. The summed E-state index contributed by atoms with van der Waals surface area (Å²) < 4.78 is 26.3. The van der Waals surface area contributed by atoms with Gasteiger partial charge in [0.15, 0.2) is 5.03 Å². The van der Waals surface area contributed by atoms with Crippen molar-refractivity contribution in [2.24, 2.45) is 0 Å². The molecule has 2 aromatic rings. The van der Waals surface area contributed by atoms with Crippen LogP contribution >= 0.6 is 11.3 Å². The van der Waals surface area contributed by atoms with Crippen molar-refractivity contribution in [1.29, 1.82) is 0 Å². The fourth-order valence-corrected chi connectivity index (χ4v) is 3.34. The maximum Gasteiger partial charge on any atom is 0.257 e. The van der Waals surface area contributed by atoms with Gasteiger partial charge in [-0.25, -0.2) is 13.1 Å². The zero-order chi connectivity index (χ0) is 13.0. The van der Waals surface area contributed by atoms with Gasteiger partial charge in [0.25, 0.3) is 10.0 Å². The standard InChI is InChI=1S/C10H13N3O3S2/c14-7-8-6-11-13-10(8)18(15,16)12-4-3-9-2-1-5-17-9/h1-2,5-6,12,14H,3-4,7H2,(H,11,13). The summed E-state index contributed by atoms with van der Waals surface area (Å²) in [5.74, 6) is 0. The van der Waals surface area contributed by atoms with Crippen molar-refractivity contribution < 1.29 is 13.5 Å². The molecule has 2 heterocycles. The third kappa shape index (κ3) is 2.96. The van der Waals surface area contributed by atoms with Crippen LogP contribution in [0.2, 0.25) is 0 Å². The number of sulfonamides is 1. The van der Waals surface area contributed by atoms with Crippen molar-refractivity contribution in [3.05, 3.63) is 34.2 Å². The van der Waals surface area contributed by atoms with Gasteiger partial charge in [-0.05, 0) is 17.9 Å². The molecule has 0 amide bonds. The van der Waals surface area contributed by atoms with E-state index < -0.39 is 10.0 Å². The second-order valence-electron chi connectivity index (χ2n) is 3.61. The molecule has 0 spiro atoms. The number of thiophene rings is 1. The molecule has 0 radical (unpaired) electrons. The van der Waals surface area contributed by atoms with Gasteiger partial charge in [-0.1, -0.05) is 6.07 Å². The highest BCUT2D eigenvalue weighted by molar-refractivity contribution is 7.89. The fourth-order valence-electron chi connectivity index (χ4n) is 1.48. The summed E-state index contributed by atoms with van der Waals surface area (Å²) in [6, 6.07) is 3.88. The van der Waals surface area contributed by atoms with Crippen LogP contribution in [0, 0.1) is 0 Å². The summed E-state index contributed by atoms with van der Waals surface area (Å²) in [6.45, 7) is -0.0512. The molecule has 2 rings (SSSR count). The number of aromatic amines is 1. The maximum atomic E-state index is 11.9. The molecule has 6 nitrogen and oxygen atoms in total. The van der Waals surface area contributed by atoms with Gasteiger partial charge in [0.1, 0.15) is 0 Å². The average molecular weight is 287 g/mol. The summed E-state index contributed by atoms with van der Waals surface area (Å²) in [5, 5.41) is 16.9. The van der Waals surface area contributed by atoms with Gasteiger partial charge in [-0.15, -0.1) is 11.3 Å². The molecule has 2 aromatic heterocycles. The molecule has 0 saturated carbocycles. The Hall–Kier alpha value is -1.22. The molecular weight excluding hydrogens is 274 g/mol. The van der Waals surface area contributed by atoms with Crippen LogP contribution in [0.25, 0.3) is 0 Å². The summed E-state index contributed by atoms with van der Waals surface area (Å²) in [6.07, 6.45) is 1.94. The molecule has 98 valence electrons. The van der Waals surface area contributed by atoms with E-state index in [0.29, 0.717) is 13.0 Å². The highest BCUT2D eigenvalue weighted by Crippen LogP contribution is 2.12. The molecule has 0 saturated heterocycles. The Bertz CT molecular complexity index is 590. The molecule has 0 unspecified atom stereocenters. The molecule has 3 N–H and O–H groups in total. The van der Waals surface area contributed by atoms with Crippen molar-refractivity contribution in [2.75, 3.05) is 6.54 Å². The van der Waals surface area contributed by atoms with E-state index in [0.717, 1.165) is 4.88 Å². The van der Waals surface area contributed by atoms with E-state index in [1.165, 1.54) is 6.20 Å². The number of hydrogen-bond acceptors (Lipinski definition) is 5. The third-order valence-electron chi connectivity index (χ3n) is 2.36. The minimum atomic E-state index is -3.64. The highest BCUT2D eigenvalue weighted by atomic mass is 32.2. The molecule has 0 atom stereocenters. The van der Waals surface area contributed by atoms with E-state index in [-0.39, 0.29) is 17.2 Å². The Morgan fingerprint density at radius 1 is 1.50 bits per heavy atom. The average Bonchev–Trinajstić information content (AvgIpc) is 2.99. The van der Waals surface area contributed by atoms with Crippen LogP contribution < -0.4 is 4.72 Å². The van der Waals surface area contributed by atoms with E-state index >= 15 is 0 Å². The SMILES string of the molecule is O=S(=O)(NCCc1cccs1)c1[nH]ncc1CO. The third-order valence-corrected chi connectivity index (χ3v) is 4.77. The molecular formula is C10H13N3O3S2. The lowest BCUT2D eigenvalue weighted by molar-refractivity contribution is 0.278. The number of nitrogens with one attached hydrogen (secondary N) is 2.